The molecular weight excluding hydrogens is 587 g/mol. The Morgan fingerprint density at radius 2 is 1.91 bits per heavy atom. The quantitative estimate of drug-likeness (QED) is 0.284. The summed E-state index contributed by atoms with van der Waals surface area (Å²) >= 11 is 0. The maximum absolute atomic E-state index is 15.4. The molecule has 7 rings (SSSR count). The van der Waals surface area contributed by atoms with Gasteiger partial charge in [0.15, 0.2) is 17.3 Å². The number of carbonyl (C=O) groups is 1. The van der Waals surface area contributed by atoms with E-state index >= 15 is 8.78 Å². The Hall–Kier alpha value is -4.69. The molecule has 0 N–H and O–H groups in total. The average molecular weight is 613 g/mol. The standard InChI is InChI=1S/C29H25F5N8O2/c1-40-19-10-35-24(22-23(16-4-5-16)36-14-37-27(22)44-2)39-26(19)42(13-21(40)43)11-15-3-6-17-18(9-15)28(30,31)7-8-41-12-20(29(32,33)34)38-25(17)41/h3,6,9-10,12,14,16H,4-5,7-8,11,13H2,1-2H3. The van der Waals surface area contributed by atoms with Gasteiger partial charge in [-0.15, -0.1) is 0 Å². The third kappa shape index (κ3) is 4.70. The molecule has 44 heavy (non-hydrogen) atoms. The van der Waals surface area contributed by atoms with Crippen LogP contribution < -0.4 is 14.5 Å². The largest absolute Gasteiger partial charge is 0.480 e. The van der Waals surface area contributed by atoms with Crippen molar-refractivity contribution < 1.29 is 31.5 Å². The van der Waals surface area contributed by atoms with Crippen LogP contribution in [0.4, 0.5) is 33.5 Å². The number of alkyl halides is 5. The maximum atomic E-state index is 15.4. The number of hydrogen-bond donors (Lipinski definition) is 0. The number of nitrogens with zero attached hydrogens (tertiary/aromatic N) is 8. The summed E-state index contributed by atoms with van der Waals surface area (Å²) in [5.74, 6) is -2.50. The number of amides is 1. The van der Waals surface area contributed by atoms with E-state index in [1.165, 1.54) is 36.7 Å². The molecule has 1 saturated carbocycles. The molecule has 5 heterocycles. The summed E-state index contributed by atoms with van der Waals surface area (Å²) in [5, 5.41) is 0. The normalized spacial score (nSPS) is 17.6. The molecule has 3 aromatic heterocycles. The SMILES string of the molecule is COc1ncnc(C2CC2)c1-c1ncc2c(n1)N(Cc1ccc3c(c1)C(F)(F)CCn1cc(C(F)(F)F)nc1-3)CC(=O)N2C. The summed E-state index contributed by atoms with van der Waals surface area (Å²) < 4.78 is 77.5. The molecule has 4 aromatic rings. The van der Waals surface area contributed by atoms with Gasteiger partial charge in [0.05, 0.1) is 25.5 Å². The van der Waals surface area contributed by atoms with Gasteiger partial charge in [0, 0.05) is 49.8 Å². The van der Waals surface area contributed by atoms with Crippen LogP contribution in [0.1, 0.15) is 47.7 Å². The maximum Gasteiger partial charge on any atom is 0.434 e. The molecule has 0 unspecified atom stereocenters. The summed E-state index contributed by atoms with van der Waals surface area (Å²) in [6, 6.07) is 4.19. The van der Waals surface area contributed by atoms with Crippen molar-refractivity contribution >= 4 is 17.4 Å². The van der Waals surface area contributed by atoms with Gasteiger partial charge in [-0.1, -0.05) is 12.1 Å². The number of likely N-dealkylation sites (N-methyl/N-ethyl adjacent to an activating group) is 1. The molecule has 1 amide bonds. The van der Waals surface area contributed by atoms with E-state index in [-0.39, 0.29) is 42.8 Å². The van der Waals surface area contributed by atoms with Crippen molar-refractivity contribution in [3.8, 4) is 28.7 Å². The lowest BCUT2D eigenvalue weighted by molar-refractivity contribution is -0.141. The van der Waals surface area contributed by atoms with Crippen molar-refractivity contribution in [3.05, 3.63) is 59.4 Å². The second-order valence-electron chi connectivity index (χ2n) is 11.1. The smallest absolute Gasteiger partial charge is 0.434 e. The first-order chi connectivity index (χ1) is 20.9. The van der Waals surface area contributed by atoms with Crippen LogP contribution in [0.3, 0.4) is 0 Å². The number of imidazole rings is 1. The van der Waals surface area contributed by atoms with Gasteiger partial charge in [-0.3, -0.25) is 4.79 Å². The topological polar surface area (TPSA) is 102 Å². The van der Waals surface area contributed by atoms with Gasteiger partial charge >= 0.3 is 6.18 Å². The predicted octanol–water partition coefficient (Wildman–Crippen LogP) is 5.18. The lowest BCUT2D eigenvalue weighted by atomic mass is 9.97. The fourth-order valence-electron chi connectivity index (χ4n) is 5.72. The Bertz CT molecular complexity index is 1800. The van der Waals surface area contributed by atoms with Gasteiger partial charge in [0.2, 0.25) is 11.8 Å². The number of aryl methyl sites for hydroxylation is 1. The summed E-state index contributed by atoms with van der Waals surface area (Å²) in [4.78, 5) is 37.7. The van der Waals surface area contributed by atoms with Crippen LogP contribution in [0.5, 0.6) is 5.88 Å². The van der Waals surface area contributed by atoms with Crippen LogP contribution >= 0.6 is 0 Å². The van der Waals surface area contributed by atoms with Crippen molar-refractivity contribution in [3.63, 3.8) is 0 Å². The molecule has 1 fully saturated rings. The van der Waals surface area contributed by atoms with Crippen molar-refractivity contribution in [2.24, 2.45) is 0 Å². The first-order valence-electron chi connectivity index (χ1n) is 13.9. The third-order valence-electron chi connectivity index (χ3n) is 8.16. The lowest BCUT2D eigenvalue weighted by Gasteiger charge is -2.34. The molecule has 2 aliphatic heterocycles. The lowest BCUT2D eigenvalue weighted by Crippen LogP contribution is -2.44. The van der Waals surface area contributed by atoms with E-state index in [0.717, 1.165) is 29.3 Å². The number of fused-ring (bicyclic) bond motifs is 4. The van der Waals surface area contributed by atoms with E-state index in [1.54, 1.807) is 18.0 Å². The van der Waals surface area contributed by atoms with Crippen molar-refractivity contribution in [1.29, 1.82) is 0 Å². The van der Waals surface area contributed by atoms with Crippen LogP contribution in [-0.4, -0.2) is 56.1 Å². The number of halogens is 5. The van der Waals surface area contributed by atoms with Crippen molar-refractivity contribution in [2.45, 2.75) is 50.4 Å². The van der Waals surface area contributed by atoms with Crippen LogP contribution in [0.25, 0.3) is 22.8 Å². The van der Waals surface area contributed by atoms with Crippen LogP contribution in [-0.2, 0) is 30.0 Å². The van der Waals surface area contributed by atoms with Gasteiger partial charge in [-0.2, -0.15) is 13.2 Å². The number of carbonyl (C=O) groups excluding carboxylic acids is 1. The second-order valence-corrected chi connectivity index (χ2v) is 11.1. The summed E-state index contributed by atoms with van der Waals surface area (Å²) in [7, 11) is 3.09. The van der Waals surface area contributed by atoms with Gasteiger partial charge in [0.25, 0.3) is 5.92 Å². The fraction of sp³-hybridized carbons (Fsp3) is 0.379. The van der Waals surface area contributed by atoms with Crippen molar-refractivity contribution in [1.82, 2.24) is 29.5 Å². The van der Waals surface area contributed by atoms with E-state index in [0.29, 0.717) is 34.3 Å². The monoisotopic (exact) mass is 612 g/mol. The number of hydrogen-bond acceptors (Lipinski definition) is 8. The molecule has 15 heteroatoms. The summed E-state index contributed by atoms with van der Waals surface area (Å²) in [6.45, 7) is -0.401. The molecule has 228 valence electrons. The van der Waals surface area contributed by atoms with Gasteiger partial charge in [0.1, 0.15) is 23.4 Å². The zero-order chi connectivity index (χ0) is 31.0. The van der Waals surface area contributed by atoms with E-state index < -0.39 is 29.8 Å². The number of rotatable bonds is 5. The Morgan fingerprint density at radius 3 is 2.64 bits per heavy atom. The summed E-state index contributed by atoms with van der Waals surface area (Å²) in [5.41, 5.74) is 0.535. The zero-order valence-electron chi connectivity index (χ0n) is 23.6. The predicted molar refractivity (Wildman–Crippen MR) is 147 cm³/mol. The van der Waals surface area contributed by atoms with E-state index in [9.17, 15) is 18.0 Å². The highest BCUT2D eigenvalue weighted by Crippen LogP contribution is 2.46. The highest BCUT2D eigenvalue weighted by molar-refractivity contribution is 6.02. The molecular formula is C29H25F5N8O2. The molecule has 1 aromatic carbocycles. The van der Waals surface area contributed by atoms with Crippen LogP contribution in [0.15, 0.2) is 36.9 Å². The Balaban J connectivity index is 1.29. The minimum Gasteiger partial charge on any atom is -0.480 e. The minimum atomic E-state index is -4.71. The number of benzene rings is 1. The van der Waals surface area contributed by atoms with Gasteiger partial charge in [-0.25, -0.2) is 33.7 Å². The molecule has 3 aliphatic rings. The molecule has 0 bridgehead atoms. The zero-order valence-corrected chi connectivity index (χ0v) is 23.6. The van der Waals surface area contributed by atoms with Crippen LogP contribution in [0.2, 0.25) is 0 Å². The molecule has 0 atom stereocenters. The van der Waals surface area contributed by atoms with Crippen molar-refractivity contribution in [2.75, 3.05) is 30.5 Å². The molecule has 0 spiro atoms. The molecule has 10 nitrogen and oxygen atoms in total. The first-order valence-corrected chi connectivity index (χ1v) is 13.9. The highest BCUT2D eigenvalue weighted by atomic mass is 19.4. The minimum absolute atomic E-state index is 0.0204. The first kappa shape index (κ1) is 28.1. The van der Waals surface area contributed by atoms with Gasteiger partial charge in [-0.05, 0) is 24.5 Å². The molecule has 0 saturated heterocycles. The fourth-order valence-corrected chi connectivity index (χ4v) is 5.72. The number of aromatic nitrogens is 6. The average Bonchev–Trinajstić information content (AvgIpc) is 3.76. The Kier molecular flexibility index (Phi) is 6.34. The molecule has 1 aliphatic carbocycles. The van der Waals surface area contributed by atoms with E-state index in [2.05, 4.69) is 19.9 Å². The second kappa shape index (κ2) is 9.92. The summed E-state index contributed by atoms with van der Waals surface area (Å²) in [6.07, 6.45) is 0.232. The third-order valence-corrected chi connectivity index (χ3v) is 8.16. The van der Waals surface area contributed by atoms with E-state index in [1.807, 2.05) is 0 Å². The number of ether oxygens (including phenoxy) is 1. The highest BCUT2D eigenvalue weighted by Gasteiger charge is 2.41. The molecule has 0 radical (unpaired) electrons. The Labute approximate surface area is 247 Å². The Morgan fingerprint density at radius 1 is 1.11 bits per heavy atom. The van der Waals surface area contributed by atoms with E-state index in [4.69, 9.17) is 9.72 Å². The number of methoxy groups -OCH3 is 1. The van der Waals surface area contributed by atoms with Crippen LogP contribution in [0, 0.1) is 0 Å². The number of anilines is 2. The van der Waals surface area contributed by atoms with Gasteiger partial charge < -0.3 is 19.1 Å².